The van der Waals surface area contributed by atoms with Crippen LogP contribution in [-0.4, -0.2) is 0 Å². The molecular formula is C20H28N+. The van der Waals surface area contributed by atoms with E-state index in [2.05, 4.69) is 82.8 Å². The van der Waals surface area contributed by atoms with Crippen molar-refractivity contribution in [1.29, 1.82) is 0 Å². The van der Waals surface area contributed by atoms with Gasteiger partial charge in [-0.15, -0.1) is 0 Å². The van der Waals surface area contributed by atoms with E-state index in [0.717, 1.165) is 12.8 Å². The smallest absolute Gasteiger partial charge is 0.201 e. The van der Waals surface area contributed by atoms with Crippen LogP contribution in [0.4, 0.5) is 0 Å². The van der Waals surface area contributed by atoms with E-state index in [9.17, 15) is 0 Å². The summed E-state index contributed by atoms with van der Waals surface area (Å²) in [6, 6.07) is 11.3. The fourth-order valence-corrected chi connectivity index (χ4v) is 2.83. The van der Waals surface area contributed by atoms with Crippen LogP contribution < -0.4 is 4.57 Å². The zero-order valence-electron chi connectivity index (χ0n) is 14.3. The van der Waals surface area contributed by atoms with Gasteiger partial charge in [-0.1, -0.05) is 39.8 Å². The largest absolute Gasteiger partial charge is 0.212 e. The predicted octanol–water partition coefficient (Wildman–Crippen LogP) is 4.64. The molecule has 2 rings (SSSR count). The minimum Gasteiger partial charge on any atom is -0.201 e. The number of hydrogen-bond donors (Lipinski definition) is 0. The molecule has 1 heteroatoms. The lowest BCUT2D eigenvalue weighted by Crippen LogP contribution is -2.32. The second kappa shape index (κ2) is 6.01. The molecule has 0 saturated heterocycles. The van der Waals surface area contributed by atoms with Crippen molar-refractivity contribution >= 4 is 0 Å². The highest BCUT2D eigenvalue weighted by molar-refractivity contribution is 5.62. The van der Waals surface area contributed by atoms with Gasteiger partial charge in [-0.2, -0.15) is 0 Å². The molecule has 0 N–H and O–H groups in total. The molecule has 1 aromatic heterocycles. The molecule has 0 aliphatic rings. The topological polar surface area (TPSA) is 3.88 Å². The summed E-state index contributed by atoms with van der Waals surface area (Å²) in [4.78, 5) is 0. The zero-order chi connectivity index (χ0) is 15.6. The molecule has 0 radical (unpaired) electrons. The van der Waals surface area contributed by atoms with Gasteiger partial charge in [0.15, 0.2) is 6.20 Å². The Bertz CT molecular complexity index is 633. The molecule has 0 spiro atoms. The third kappa shape index (κ3) is 3.93. The van der Waals surface area contributed by atoms with Crippen LogP contribution in [0.5, 0.6) is 0 Å². The number of aromatic nitrogens is 1. The number of nitrogens with zero attached hydrogens (tertiary/aromatic N) is 1. The van der Waals surface area contributed by atoms with Gasteiger partial charge >= 0.3 is 0 Å². The maximum absolute atomic E-state index is 2.33. The monoisotopic (exact) mass is 282 g/mol. The molecule has 0 aliphatic carbocycles. The molecule has 2 aromatic rings. The molecule has 1 heterocycles. The first-order valence-corrected chi connectivity index (χ1v) is 7.88. The van der Waals surface area contributed by atoms with Crippen molar-refractivity contribution in [2.45, 2.75) is 47.5 Å². The molecule has 0 atom stereocenters. The van der Waals surface area contributed by atoms with E-state index in [1.165, 1.54) is 27.9 Å². The SMILES string of the molecule is CCc1ccc(C)c(-c2ccc(CC(C)(C)C)c[n+]2C)c1. The van der Waals surface area contributed by atoms with E-state index < -0.39 is 0 Å². The Kier molecular flexibility index (Phi) is 4.51. The summed E-state index contributed by atoms with van der Waals surface area (Å²) in [7, 11) is 2.15. The van der Waals surface area contributed by atoms with E-state index in [-0.39, 0.29) is 0 Å². The Hall–Kier alpha value is -1.63. The first-order valence-electron chi connectivity index (χ1n) is 7.88. The van der Waals surface area contributed by atoms with Crippen LogP contribution in [0.1, 0.15) is 44.4 Å². The van der Waals surface area contributed by atoms with E-state index in [1.54, 1.807) is 0 Å². The summed E-state index contributed by atoms with van der Waals surface area (Å²) in [6.07, 6.45) is 4.47. The quantitative estimate of drug-likeness (QED) is 0.722. The Labute approximate surface area is 129 Å². The molecule has 0 amide bonds. The van der Waals surface area contributed by atoms with Crippen molar-refractivity contribution in [1.82, 2.24) is 0 Å². The second-order valence-electron chi connectivity index (χ2n) is 7.27. The van der Waals surface area contributed by atoms with Gasteiger partial charge in [-0.25, -0.2) is 4.57 Å². The summed E-state index contributed by atoms with van der Waals surface area (Å²) < 4.78 is 2.27. The van der Waals surface area contributed by atoms with E-state index in [1.807, 2.05) is 0 Å². The molecule has 1 nitrogen and oxygen atoms in total. The van der Waals surface area contributed by atoms with Crippen molar-refractivity contribution in [3.05, 3.63) is 53.2 Å². The molecule has 0 fully saturated rings. The third-order valence-electron chi connectivity index (χ3n) is 3.92. The highest BCUT2D eigenvalue weighted by Crippen LogP contribution is 2.24. The van der Waals surface area contributed by atoms with Gasteiger partial charge in [0.25, 0.3) is 0 Å². The van der Waals surface area contributed by atoms with Crippen molar-refractivity contribution in [3.8, 4) is 11.3 Å². The number of pyridine rings is 1. The lowest BCUT2D eigenvalue weighted by Gasteiger charge is -2.17. The molecule has 112 valence electrons. The van der Waals surface area contributed by atoms with Crippen LogP contribution >= 0.6 is 0 Å². The fraction of sp³-hybridized carbons (Fsp3) is 0.450. The molecule has 21 heavy (non-hydrogen) atoms. The molecule has 0 saturated carbocycles. The summed E-state index contributed by atoms with van der Waals surface area (Å²) in [5, 5.41) is 0. The van der Waals surface area contributed by atoms with Gasteiger partial charge in [-0.05, 0) is 48.4 Å². The van der Waals surface area contributed by atoms with Gasteiger partial charge in [-0.3, -0.25) is 0 Å². The molecule has 0 unspecified atom stereocenters. The predicted molar refractivity (Wildman–Crippen MR) is 90.3 cm³/mol. The highest BCUT2D eigenvalue weighted by atomic mass is 14.9. The normalized spacial score (nSPS) is 11.7. The summed E-state index contributed by atoms with van der Waals surface area (Å²) in [6.45, 7) is 11.3. The van der Waals surface area contributed by atoms with Crippen LogP contribution in [0.2, 0.25) is 0 Å². The minimum absolute atomic E-state index is 0.326. The lowest BCUT2D eigenvalue weighted by atomic mass is 9.88. The van der Waals surface area contributed by atoms with Crippen LogP contribution in [0, 0.1) is 12.3 Å². The first-order chi connectivity index (χ1) is 9.80. The molecule has 0 bridgehead atoms. The maximum atomic E-state index is 2.33. The van der Waals surface area contributed by atoms with Crippen molar-refractivity contribution in [2.24, 2.45) is 12.5 Å². The third-order valence-corrected chi connectivity index (χ3v) is 3.92. The van der Waals surface area contributed by atoms with Crippen LogP contribution in [0.3, 0.4) is 0 Å². The number of hydrogen-bond acceptors (Lipinski definition) is 0. The molecule has 0 aliphatic heterocycles. The number of benzene rings is 1. The zero-order valence-corrected chi connectivity index (χ0v) is 14.3. The van der Waals surface area contributed by atoms with E-state index in [4.69, 9.17) is 0 Å². The molecular weight excluding hydrogens is 254 g/mol. The van der Waals surface area contributed by atoms with Crippen LogP contribution in [0.25, 0.3) is 11.3 Å². The number of rotatable bonds is 3. The van der Waals surface area contributed by atoms with Gasteiger partial charge < -0.3 is 0 Å². The maximum Gasteiger partial charge on any atom is 0.212 e. The summed E-state index contributed by atoms with van der Waals surface area (Å²) in [5.41, 5.74) is 7.10. The highest BCUT2D eigenvalue weighted by Gasteiger charge is 2.17. The molecule has 1 aromatic carbocycles. The lowest BCUT2D eigenvalue weighted by molar-refractivity contribution is -0.660. The van der Waals surface area contributed by atoms with Crippen molar-refractivity contribution in [3.63, 3.8) is 0 Å². The summed E-state index contributed by atoms with van der Waals surface area (Å²) in [5.74, 6) is 0. The average molecular weight is 282 g/mol. The first kappa shape index (κ1) is 15.8. The van der Waals surface area contributed by atoms with Crippen LogP contribution in [0.15, 0.2) is 36.5 Å². The standard InChI is InChI=1S/C20H28N/c1-7-16-9-8-15(2)18(12-16)19-11-10-17(14-21(19)6)13-20(3,4)5/h8-12,14H,7,13H2,1-6H3/q+1. The van der Waals surface area contributed by atoms with Gasteiger partial charge in [0.05, 0.1) is 0 Å². The minimum atomic E-state index is 0.326. The van der Waals surface area contributed by atoms with E-state index >= 15 is 0 Å². The Balaban J connectivity index is 2.42. The van der Waals surface area contributed by atoms with Gasteiger partial charge in [0, 0.05) is 17.2 Å². The van der Waals surface area contributed by atoms with Crippen molar-refractivity contribution < 1.29 is 4.57 Å². The van der Waals surface area contributed by atoms with Gasteiger partial charge in [0.1, 0.15) is 7.05 Å². The summed E-state index contributed by atoms with van der Waals surface area (Å²) >= 11 is 0. The second-order valence-corrected chi connectivity index (χ2v) is 7.27. The van der Waals surface area contributed by atoms with Gasteiger partial charge in [0.2, 0.25) is 5.69 Å². The van der Waals surface area contributed by atoms with E-state index in [0.29, 0.717) is 5.41 Å². The average Bonchev–Trinajstić information content (AvgIpc) is 2.38. The Morgan fingerprint density at radius 1 is 1.00 bits per heavy atom. The fourth-order valence-electron chi connectivity index (χ4n) is 2.83. The Morgan fingerprint density at radius 3 is 2.24 bits per heavy atom. The van der Waals surface area contributed by atoms with Crippen LogP contribution in [-0.2, 0) is 19.9 Å². The Morgan fingerprint density at radius 2 is 1.67 bits per heavy atom. The van der Waals surface area contributed by atoms with Crippen molar-refractivity contribution in [2.75, 3.05) is 0 Å². The number of aryl methyl sites for hydroxylation is 3.